The molecule has 88 valence electrons. The monoisotopic (exact) mass is 210 g/mol. The summed E-state index contributed by atoms with van der Waals surface area (Å²) in [5, 5.41) is 0. The highest BCUT2D eigenvalue weighted by Crippen LogP contribution is 2.34. The van der Waals surface area contributed by atoms with Gasteiger partial charge in [0, 0.05) is 12.6 Å². The van der Waals surface area contributed by atoms with Gasteiger partial charge in [0.05, 0.1) is 0 Å². The van der Waals surface area contributed by atoms with Crippen LogP contribution in [-0.2, 0) is 0 Å². The highest BCUT2D eigenvalue weighted by Gasteiger charge is 2.31. The van der Waals surface area contributed by atoms with Crippen molar-refractivity contribution in [1.29, 1.82) is 0 Å². The third kappa shape index (κ3) is 2.94. The molecule has 1 aliphatic carbocycles. The van der Waals surface area contributed by atoms with E-state index >= 15 is 0 Å². The summed E-state index contributed by atoms with van der Waals surface area (Å²) in [7, 11) is 2.20. The summed E-state index contributed by atoms with van der Waals surface area (Å²) in [6.07, 6.45) is 10.0. The summed E-state index contributed by atoms with van der Waals surface area (Å²) in [6.45, 7) is 2.37. The van der Waals surface area contributed by atoms with Crippen molar-refractivity contribution in [1.82, 2.24) is 4.90 Å². The fraction of sp³-hybridized carbons (Fsp3) is 1.00. The number of likely N-dealkylation sites (tertiary alicyclic amines) is 1. The molecule has 0 radical (unpaired) electrons. The molecular formula is C13H26N2. The molecule has 1 saturated heterocycles. The maximum atomic E-state index is 6.31. The zero-order valence-corrected chi connectivity index (χ0v) is 10.1. The number of likely N-dealkylation sites (N-methyl/N-ethyl adjacent to an activating group) is 1. The van der Waals surface area contributed by atoms with E-state index < -0.39 is 0 Å². The SMILES string of the molecule is CN1CCC(C2CCCCCC2)C(N)C1. The topological polar surface area (TPSA) is 29.3 Å². The van der Waals surface area contributed by atoms with Crippen LogP contribution in [0.2, 0.25) is 0 Å². The van der Waals surface area contributed by atoms with Crippen LogP contribution < -0.4 is 5.73 Å². The Labute approximate surface area is 94.2 Å². The lowest BCUT2D eigenvalue weighted by Gasteiger charge is -2.39. The van der Waals surface area contributed by atoms with E-state index in [1.54, 1.807) is 0 Å². The molecule has 2 heteroatoms. The number of rotatable bonds is 1. The second-order valence-electron chi connectivity index (χ2n) is 5.63. The first-order valence-corrected chi connectivity index (χ1v) is 6.71. The van der Waals surface area contributed by atoms with Gasteiger partial charge < -0.3 is 10.6 Å². The number of nitrogens with zero attached hydrogens (tertiary/aromatic N) is 1. The second kappa shape index (κ2) is 5.31. The molecule has 0 aromatic heterocycles. The van der Waals surface area contributed by atoms with Crippen molar-refractivity contribution in [3.8, 4) is 0 Å². The van der Waals surface area contributed by atoms with Crippen LogP contribution in [0.1, 0.15) is 44.9 Å². The van der Waals surface area contributed by atoms with Crippen LogP contribution in [0.3, 0.4) is 0 Å². The zero-order chi connectivity index (χ0) is 10.7. The molecule has 2 aliphatic rings. The average molecular weight is 210 g/mol. The van der Waals surface area contributed by atoms with E-state index in [1.807, 2.05) is 0 Å². The second-order valence-corrected chi connectivity index (χ2v) is 5.63. The molecule has 1 aliphatic heterocycles. The van der Waals surface area contributed by atoms with Gasteiger partial charge in [0.15, 0.2) is 0 Å². The van der Waals surface area contributed by atoms with Gasteiger partial charge in [-0.3, -0.25) is 0 Å². The molecule has 2 atom stereocenters. The molecule has 0 spiro atoms. The lowest BCUT2D eigenvalue weighted by Crippen LogP contribution is -2.49. The minimum atomic E-state index is 0.437. The first-order chi connectivity index (χ1) is 7.27. The van der Waals surface area contributed by atoms with Crippen molar-refractivity contribution in [3.63, 3.8) is 0 Å². The van der Waals surface area contributed by atoms with Gasteiger partial charge in [-0.25, -0.2) is 0 Å². The highest BCUT2D eigenvalue weighted by atomic mass is 15.1. The predicted molar refractivity (Wildman–Crippen MR) is 64.8 cm³/mol. The molecule has 2 N–H and O–H groups in total. The van der Waals surface area contributed by atoms with Crippen molar-refractivity contribution in [2.24, 2.45) is 17.6 Å². The lowest BCUT2D eigenvalue weighted by atomic mass is 9.77. The molecule has 2 fully saturated rings. The summed E-state index contributed by atoms with van der Waals surface area (Å²) in [5.41, 5.74) is 6.31. The number of hydrogen-bond donors (Lipinski definition) is 1. The van der Waals surface area contributed by atoms with Crippen molar-refractivity contribution < 1.29 is 0 Å². The summed E-state index contributed by atoms with van der Waals surface area (Å²) < 4.78 is 0. The number of nitrogens with two attached hydrogens (primary N) is 1. The van der Waals surface area contributed by atoms with E-state index in [9.17, 15) is 0 Å². The van der Waals surface area contributed by atoms with E-state index in [0.717, 1.165) is 18.4 Å². The Morgan fingerprint density at radius 3 is 2.27 bits per heavy atom. The predicted octanol–water partition coefficient (Wildman–Crippen LogP) is 2.24. The molecule has 2 rings (SSSR count). The molecular weight excluding hydrogens is 184 g/mol. The Bertz CT molecular complexity index is 185. The van der Waals surface area contributed by atoms with Crippen LogP contribution in [0.5, 0.6) is 0 Å². The maximum absolute atomic E-state index is 6.31. The normalized spacial score (nSPS) is 36.4. The summed E-state index contributed by atoms with van der Waals surface area (Å²) in [5.74, 6) is 1.76. The zero-order valence-electron chi connectivity index (χ0n) is 10.1. The van der Waals surface area contributed by atoms with Gasteiger partial charge in [0.2, 0.25) is 0 Å². The van der Waals surface area contributed by atoms with Gasteiger partial charge in [-0.2, -0.15) is 0 Å². The smallest absolute Gasteiger partial charge is 0.0199 e. The van der Waals surface area contributed by atoms with Crippen LogP contribution in [0.4, 0.5) is 0 Å². The van der Waals surface area contributed by atoms with E-state index in [-0.39, 0.29) is 0 Å². The van der Waals surface area contributed by atoms with E-state index in [2.05, 4.69) is 11.9 Å². The van der Waals surface area contributed by atoms with Crippen LogP contribution >= 0.6 is 0 Å². The summed E-state index contributed by atoms with van der Waals surface area (Å²) in [6, 6.07) is 0.437. The molecule has 2 nitrogen and oxygen atoms in total. The highest BCUT2D eigenvalue weighted by molar-refractivity contribution is 4.86. The van der Waals surface area contributed by atoms with Gasteiger partial charge >= 0.3 is 0 Å². The Morgan fingerprint density at radius 1 is 1.00 bits per heavy atom. The third-order valence-electron chi connectivity index (χ3n) is 4.42. The minimum absolute atomic E-state index is 0.437. The Balaban J connectivity index is 1.90. The summed E-state index contributed by atoms with van der Waals surface area (Å²) >= 11 is 0. The first-order valence-electron chi connectivity index (χ1n) is 6.71. The molecule has 0 amide bonds. The summed E-state index contributed by atoms with van der Waals surface area (Å²) in [4.78, 5) is 2.39. The third-order valence-corrected chi connectivity index (χ3v) is 4.42. The van der Waals surface area contributed by atoms with Crippen molar-refractivity contribution in [3.05, 3.63) is 0 Å². The molecule has 1 heterocycles. The van der Waals surface area contributed by atoms with E-state index in [1.165, 1.54) is 51.5 Å². The maximum Gasteiger partial charge on any atom is 0.0199 e. The van der Waals surface area contributed by atoms with E-state index in [0.29, 0.717) is 6.04 Å². The van der Waals surface area contributed by atoms with Gasteiger partial charge in [0.1, 0.15) is 0 Å². The van der Waals surface area contributed by atoms with Gasteiger partial charge in [-0.1, -0.05) is 38.5 Å². The number of hydrogen-bond acceptors (Lipinski definition) is 2. The molecule has 0 bridgehead atoms. The van der Waals surface area contributed by atoms with Crippen LogP contribution in [0.25, 0.3) is 0 Å². The van der Waals surface area contributed by atoms with Crippen molar-refractivity contribution in [2.45, 2.75) is 51.0 Å². The largest absolute Gasteiger partial charge is 0.326 e. The molecule has 15 heavy (non-hydrogen) atoms. The van der Waals surface area contributed by atoms with Crippen LogP contribution in [0.15, 0.2) is 0 Å². The van der Waals surface area contributed by atoms with Crippen molar-refractivity contribution in [2.75, 3.05) is 20.1 Å². The van der Waals surface area contributed by atoms with E-state index in [4.69, 9.17) is 5.73 Å². The Hall–Kier alpha value is -0.0800. The van der Waals surface area contributed by atoms with Crippen molar-refractivity contribution >= 4 is 0 Å². The van der Waals surface area contributed by atoms with Crippen LogP contribution in [-0.4, -0.2) is 31.1 Å². The molecule has 0 aromatic carbocycles. The number of piperidine rings is 1. The average Bonchev–Trinajstić information content (AvgIpc) is 2.46. The van der Waals surface area contributed by atoms with Gasteiger partial charge in [-0.15, -0.1) is 0 Å². The fourth-order valence-corrected chi connectivity index (χ4v) is 3.49. The lowest BCUT2D eigenvalue weighted by molar-refractivity contribution is 0.135. The van der Waals surface area contributed by atoms with Gasteiger partial charge in [0.25, 0.3) is 0 Å². The molecule has 2 unspecified atom stereocenters. The first kappa shape index (κ1) is 11.4. The minimum Gasteiger partial charge on any atom is -0.326 e. The fourth-order valence-electron chi connectivity index (χ4n) is 3.49. The quantitative estimate of drug-likeness (QED) is 0.673. The van der Waals surface area contributed by atoms with Crippen LogP contribution in [0, 0.1) is 11.8 Å². The standard InChI is InChI=1S/C13H26N2/c1-15-9-8-12(13(14)10-15)11-6-4-2-3-5-7-11/h11-13H,2-10,14H2,1H3. The Kier molecular flexibility index (Phi) is 4.04. The van der Waals surface area contributed by atoms with Gasteiger partial charge in [-0.05, 0) is 31.8 Å². The Morgan fingerprint density at radius 2 is 1.67 bits per heavy atom. The molecule has 1 saturated carbocycles. The molecule has 0 aromatic rings.